The van der Waals surface area contributed by atoms with E-state index in [-0.39, 0.29) is 24.0 Å². The molecule has 0 fully saturated rings. The monoisotopic (exact) mass is 516 g/mol. The van der Waals surface area contributed by atoms with E-state index in [0.717, 1.165) is 43.6 Å². The molecule has 0 radical (unpaired) electrons. The number of benzene rings is 1. The molecule has 0 unspecified atom stereocenters. The van der Waals surface area contributed by atoms with Gasteiger partial charge in [0.25, 0.3) is 0 Å². The van der Waals surface area contributed by atoms with E-state index in [4.69, 9.17) is 9.47 Å². The van der Waals surface area contributed by atoms with Crippen molar-refractivity contribution in [2.75, 3.05) is 40.5 Å². The second kappa shape index (κ2) is 14.2. The summed E-state index contributed by atoms with van der Waals surface area (Å²) < 4.78 is 12.7. The van der Waals surface area contributed by atoms with Gasteiger partial charge < -0.3 is 24.3 Å². The maximum absolute atomic E-state index is 5.51. The Hall–Kier alpha value is -1.88. The molecule has 2 rings (SSSR count). The Balaban J connectivity index is 0.00000420. The van der Waals surface area contributed by atoms with Crippen LogP contribution in [0.3, 0.4) is 0 Å². The van der Waals surface area contributed by atoms with Crippen LogP contribution in [0.5, 0.6) is 5.75 Å². The number of hydrogen-bond donors (Lipinski definition) is 1. The first-order chi connectivity index (χ1) is 13.7. The molecule has 162 valence electrons. The van der Waals surface area contributed by atoms with Gasteiger partial charge in [0.05, 0.1) is 19.8 Å². The maximum Gasteiger partial charge on any atom is 0.194 e. The van der Waals surface area contributed by atoms with Crippen LogP contribution in [0.15, 0.2) is 35.6 Å². The SMILES string of the molecule is CCOc1ccc(CN(C)C(=NCCOC)NCCn2cnnc2CC)cc1.I. The third-order valence-electron chi connectivity index (χ3n) is 4.22. The zero-order valence-corrected chi connectivity index (χ0v) is 20.1. The number of aliphatic imine (C=N–C) groups is 1. The average molecular weight is 516 g/mol. The van der Waals surface area contributed by atoms with Gasteiger partial charge in [-0.1, -0.05) is 19.1 Å². The zero-order chi connectivity index (χ0) is 20.2. The molecule has 0 amide bonds. The van der Waals surface area contributed by atoms with Crippen LogP contribution in [0.1, 0.15) is 25.2 Å². The molecule has 1 heterocycles. The molecule has 0 aliphatic heterocycles. The van der Waals surface area contributed by atoms with Crippen LogP contribution in [0, 0.1) is 0 Å². The standard InChI is InChI=1S/C20H32N6O2.HI/c1-5-19-24-23-16-26(19)13-11-21-20(22-12-14-27-4)25(3)15-17-7-9-18(10-8-17)28-6-2;/h7-10,16H,5-6,11-15H2,1-4H3,(H,21,22);1H. The summed E-state index contributed by atoms with van der Waals surface area (Å²) in [5.74, 6) is 2.72. The Morgan fingerprint density at radius 3 is 2.66 bits per heavy atom. The van der Waals surface area contributed by atoms with E-state index in [9.17, 15) is 0 Å². The fourth-order valence-electron chi connectivity index (χ4n) is 2.79. The quantitative estimate of drug-likeness (QED) is 0.214. The van der Waals surface area contributed by atoms with Crippen molar-refractivity contribution in [3.63, 3.8) is 0 Å². The largest absolute Gasteiger partial charge is 0.494 e. The fourth-order valence-corrected chi connectivity index (χ4v) is 2.79. The number of aromatic nitrogens is 3. The molecule has 1 N–H and O–H groups in total. The number of halogens is 1. The number of ether oxygens (including phenoxy) is 2. The van der Waals surface area contributed by atoms with Gasteiger partial charge >= 0.3 is 0 Å². The molecular formula is C20H33IN6O2. The van der Waals surface area contributed by atoms with Crippen LogP contribution < -0.4 is 10.1 Å². The van der Waals surface area contributed by atoms with E-state index in [1.807, 2.05) is 26.1 Å². The summed E-state index contributed by atoms with van der Waals surface area (Å²) >= 11 is 0. The van der Waals surface area contributed by atoms with E-state index in [2.05, 4.69) is 49.0 Å². The lowest BCUT2D eigenvalue weighted by atomic mass is 10.2. The van der Waals surface area contributed by atoms with Crippen molar-refractivity contribution in [2.45, 2.75) is 33.4 Å². The van der Waals surface area contributed by atoms with Gasteiger partial charge in [-0.05, 0) is 24.6 Å². The van der Waals surface area contributed by atoms with Crippen molar-refractivity contribution in [1.82, 2.24) is 25.0 Å². The number of guanidine groups is 1. The molecular weight excluding hydrogens is 483 g/mol. The first-order valence-corrected chi connectivity index (χ1v) is 9.74. The van der Waals surface area contributed by atoms with E-state index in [1.54, 1.807) is 13.4 Å². The van der Waals surface area contributed by atoms with Crippen LogP contribution in [0.2, 0.25) is 0 Å². The van der Waals surface area contributed by atoms with Gasteiger partial charge in [0.2, 0.25) is 0 Å². The Morgan fingerprint density at radius 1 is 1.24 bits per heavy atom. The van der Waals surface area contributed by atoms with Crippen LogP contribution in [-0.2, 0) is 24.2 Å². The molecule has 0 spiro atoms. The first kappa shape index (κ1) is 25.2. The molecule has 0 saturated carbocycles. The Labute approximate surface area is 190 Å². The number of hydrogen-bond acceptors (Lipinski definition) is 5. The topological polar surface area (TPSA) is 76.8 Å². The summed E-state index contributed by atoms with van der Waals surface area (Å²) in [5, 5.41) is 11.5. The highest BCUT2D eigenvalue weighted by Crippen LogP contribution is 2.13. The maximum atomic E-state index is 5.51. The van der Waals surface area contributed by atoms with Crippen molar-refractivity contribution in [3.8, 4) is 5.75 Å². The number of nitrogens with one attached hydrogen (secondary N) is 1. The summed E-state index contributed by atoms with van der Waals surface area (Å²) in [6, 6.07) is 8.16. The second-order valence-electron chi connectivity index (χ2n) is 6.35. The second-order valence-corrected chi connectivity index (χ2v) is 6.35. The summed E-state index contributed by atoms with van der Waals surface area (Å²) in [5.41, 5.74) is 1.19. The van der Waals surface area contributed by atoms with Gasteiger partial charge in [-0.2, -0.15) is 0 Å². The molecule has 0 aliphatic carbocycles. The first-order valence-electron chi connectivity index (χ1n) is 9.74. The van der Waals surface area contributed by atoms with Crippen molar-refractivity contribution >= 4 is 29.9 Å². The van der Waals surface area contributed by atoms with Crippen LogP contribution in [0.25, 0.3) is 0 Å². The van der Waals surface area contributed by atoms with Crippen LogP contribution >= 0.6 is 24.0 Å². The minimum Gasteiger partial charge on any atom is -0.494 e. The lowest BCUT2D eigenvalue weighted by molar-refractivity contribution is 0.207. The molecule has 0 saturated heterocycles. The normalized spacial score (nSPS) is 11.1. The molecule has 8 nitrogen and oxygen atoms in total. The zero-order valence-electron chi connectivity index (χ0n) is 17.8. The van der Waals surface area contributed by atoms with Gasteiger partial charge in [-0.3, -0.25) is 4.99 Å². The van der Waals surface area contributed by atoms with Crippen LogP contribution in [-0.4, -0.2) is 66.1 Å². The number of nitrogens with zero attached hydrogens (tertiary/aromatic N) is 5. The van der Waals surface area contributed by atoms with E-state index in [0.29, 0.717) is 19.8 Å². The van der Waals surface area contributed by atoms with Gasteiger partial charge in [0.1, 0.15) is 17.9 Å². The van der Waals surface area contributed by atoms with E-state index < -0.39 is 0 Å². The lowest BCUT2D eigenvalue weighted by Gasteiger charge is -2.23. The molecule has 2 aromatic rings. The molecule has 1 aromatic heterocycles. The molecule has 1 aromatic carbocycles. The summed E-state index contributed by atoms with van der Waals surface area (Å²) in [6.07, 6.45) is 2.64. The lowest BCUT2D eigenvalue weighted by Crippen LogP contribution is -2.40. The molecule has 0 atom stereocenters. The smallest absolute Gasteiger partial charge is 0.194 e. The highest BCUT2D eigenvalue weighted by atomic mass is 127. The molecule has 0 aliphatic rings. The third-order valence-corrected chi connectivity index (χ3v) is 4.22. The molecule has 9 heteroatoms. The number of rotatable bonds is 11. The minimum absolute atomic E-state index is 0. The predicted molar refractivity (Wildman–Crippen MR) is 126 cm³/mol. The summed E-state index contributed by atoms with van der Waals surface area (Å²) in [7, 11) is 3.72. The van der Waals surface area contributed by atoms with Gasteiger partial charge in [0.15, 0.2) is 5.96 Å². The third kappa shape index (κ3) is 8.57. The highest BCUT2D eigenvalue weighted by Gasteiger charge is 2.08. The number of methoxy groups -OCH3 is 1. The van der Waals surface area contributed by atoms with Gasteiger partial charge in [0, 0.05) is 40.2 Å². The van der Waals surface area contributed by atoms with E-state index >= 15 is 0 Å². The Kier molecular flexibility index (Phi) is 12.3. The molecule has 29 heavy (non-hydrogen) atoms. The predicted octanol–water partition coefficient (Wildman–Crippen LogP) is 2.58. The van der Waals surface area contributed by atoms with Crippen molar-refractivity contribution in [1.29, 1.82) is 0 Å². The minimum atomic E-state index is 0. The fraction of sp³-hybridized carbons (Fsp3) is 0.550. The van der Waals surface area contributed by atoms with Crippen LogP contribution in [0.4, 0.5) is 0 Å². The van der Waals surface area contributed by atoms with Gasteiger partial charge in [-0.25, -0.2) is 0 Å². The van der Waals surface area contributed by atoms with E-state index in [1.165, 1.54) is 5.56 Å². The highest BCUT2D eigenvalue weighted by molar-refractivity contribution is 14.0. The number of aryl methyl sites for hydroxylation is 1. The van der Waals surface area contributed by atoms with Crippen molar-refractivity contribution in [2.24, 2.45) is 4.99 Å². The van der Waals surface area contributed by atoms with Crippen molar-refractivity contribution < 1.29 is 9.47 Å². The van der Waals surface area contributed by atoms with Gasteiger partial charge in [-0.15, -0.1) is 34.2 Å². The Bertz CT molecular complexity index is 720. The Morgan fingerprint density at radius 2 is 2.00 bits per heavy atom. The molecule has 0 bridgehead atoms. The summed E-state index contributed by atoms with van der Waals surface area (Å²) in [6.45, 7) is 8.22. The average Bonchev–Trinajstić information content (AvgIpc) is 3.16. The van der Waals surface area contributed by atoms with Crippen molar-refractivity contribution in [3.05, 3.63) is 42.0 Å². The summed E-state index contributed by atoms with van der Waals surface area (Å²) in [4.78, 5) is 6.77.